The van der Waals surface area contributed by atoms with Crippen LogP contribution in [0.3, 0.4) is 0 Å². The summed E-state index contributed by atoms with van der Waals surface area (Å²) in [6.45, 7) is 0.575. The second-order valence-corrected chi connectivity index (χ2v) is 6.99. The zero-order chi connectivity index (χ0) is 21.4. The fraction of sp³-hybridized carbons (Fsp3) is 0.286. The van der Waals surface area contributed by atoms with Crippen LogP contribution in [0, 0.1) is 0 Å². The average molecular weight is 466 g/mol. The van der Waals surface area contributed by atoms with Crippen molar-refractivity contribution in [1.82, 2.24) is 0 Å². The highest BCUT2D eigenvalue weighted by atomic mass is 79.9. The molecule has 0 aromatic heterocycles. The predicted molar refractivity (Wildman–Crippen MR) is 116 cm³/mol. The van der Waals surface area contributed by atoms with E-state index in [0.29, 0.717) is 39.6 Å². The van der Waals surface area contributed by atoms with Gasteiger partial charge in [-0.15, -0.1) is 0 Å². The molecular formula is C21H24BrNO6. The van der Waals surface area contributed by atoms with E-state index in [1.165, 1.54) is 13.2 Å². The number of carboxylic acid groups (broad SMARTS) is 1. The van der Waals surface area contributed by atoms with Crippen molar-refractivity contribution in [3.8, 4) is 23.0 Å². The van der Waals surface area contributed by atoms with Gasteiger partial charge in [0.1, 0.15) is 13.2 Å². The molecule has 0 atom stereocenters. The minimum absolute atomic E-state index is 0.276. The molecule has 0 unspecified atom stereocenters. The first-order valence-electron chi connectivity index (χ1n) is 8.75. The van der Waals surface area contributed by atoms with Crippen LogP contribution in [0.15, 0.2) is 40.9 Å². The number of anilines is 1. The summed E-state index contributed by atoms with van der Waals surface area (Å²) in [6.07, 6.45) is 2.54. The van der Waals surface area contributed by atoms with Crippen molar-refractivity contribution in [1.29, 1.82) is 0 Å². The van der Waals surface area contributed by atoms with Gasteiger partial charge >= 0.3 is 5.97 Å². The van der Waals surface area contributed by atoms with Crippen molar-refractivity contribution < 1.29 is 28.8 Å². The molecule has 0 amide bonds. The first-order chi connectivity index (χ1) is 13.8. The number of nitrogens with zero attached hydrogens (tertiary/aromatic N) is 1. The van der Waals surface area contributed by atoms with Gasteiger partial charge in [-0.25, -0.2) is 4.79 Å². The Bertz CT molecular complexity index is 882. The Balaban J connectivity index is 2.03. The van der Waals surface area contributed by atoms with E-state index >= 15 is 0 Å². The van der Waals surface area contributed by atoms with Crippen molar-refractivity contribution in [2.24, 2.45) is 0 Å². The van der Waals surface area contributed by atoms with E-state index in [0.717, 1.165) is 11.8 Å². The molecule has 2 aromatic carbocycles. The molecule has 7 nitrogen and oxygen atoms in total. The van der Waals surface area contributed by atoms with Gasteiger partial charge in [0.25, 0.3) is 0 Å². The lowest BCUT2D eigenvalue weighted by Crippen LogP contribution is -2.11. The normalized spacial score (nSPS) is 10.7. The van der Waals surface area contributed by atoms with Crippen LogP contribution < -0.4 is 23.8 Å². The van der Waals surface area contributed by atoms with Gasteiger partial charge in [0.15, 0.2) is 23.0 Å². The SMILES string of the molecule is COc1cc(N(C)C)ccc1OCCOc1c(Br)cc(/C=C/C(=O)O)cc1OC. The maximum absolute atomic E-state index is 10.7. The third kappa shape index (κ3) is 6.32. The largest absolute Gasteiger partial charge is 0.493 e. The minimum Gasteiger partial charge on any atom is -0.493 e. The Labute approximate surface area is 178 Å². The molecule has 0 radical (unpaired) electrons. The molecule has 0 aliphatic rings. The maximum atomic E-state index is 10.7. The maximum Gasteiger partial charge on any atom is 0.328 e. The van der Waals surface area contributed by atoms with Crippen molar-refractivity contribution >= 4 is 33.7 Å². The monoisotopic (exact) mass is 465 g/mol. The minimum atomic E-state index is -1.02. The smallest absolute Gasteiger partial charge is 0.328 e. The molecule has 0 heterocycles. The first-order valence-corrected chi connectivity index (χ1v) is 9.54. The topological polar surface area (TPSA) is 77.5 Å². The van der Waals surface area contributed by atoms with Gasteiger partial charge in [-0.1, -0.05) is 0 Å². The number of aliphatic carboxylic acids is 1. The molecule has 0 aliphatic heterocycles. The Morgan fingerprint density at radius 1 is 1.03 bits per heavy atom. The molecule has 1 N–H and O–H groups in total. The van der Waals surface area contributed by atoms with Gasteiger partial charge in [-0.3, -0.25) is 0 Å². The quantitative estimate of drug-likeness (QED) is 0.418. The summed E-state index contributed by atoms with van der Waals surface area (Å²) in [5.41, 5.74) is 1.68. The fourth-order valence-electron chi connectivity index (χ4n) is 2.49. The molecule has 0 aliphatic carbocycles. The van der Waals surface area contributed by atoms with Crippen LogP contribution in [0.5, 0.6) is 23.0 Å². The summed E-state index contributed by atoms with van der Waals surface area (Å²) in [6, 6.07) is 9.15. The highest BCUT2D eigenvalue weighted by Gasteiger charge is 2.12. The Kier molecular flexibility index (Phi) is 8.21. The number of hydrogen-bond donors (Lipinski definition) is 1. The molecule has 0 fully saturated rings. The zero-order valence-corrected chi connectivity index (χ0v) is 18.4. The van der Waals surface area contributed by atoms with Crippen molar-refractivity contribution in [3.05, 3.63) is 46.4 Å². The van der Waals surface area contributed by atoms with Crippen molar-refractivity contribution in [2.45, 2.75) is 0 Å². The predicted octanol–water partition coefficient (Wildman–Crippen LogP) is 4.09. The van der Waals surface area contributed by atoms with Gasteiger partial charge in [-0.05, 0) is 51.8 Å². The number of carboxylic acids is 1. The molecule has 156 valence electrons. The van der Waals surface area contributed by atoms with Crippen LogP contribution in [0.1, 0.15) is 5.56 Å². The van der Waals surface area contributed by atoms with Crippen LogP contribution in [-0.2, 0) is 4.79 Å². The average Bonchev–Trinajstić information content (AvgIpc) is 2.70. The number of halogens is 1. The zero-order valence-electron chi connectivity index (χ0n) is 16.8. The van der Waals surface area contributed by atoms with E-state index in [4.69, 9.17) is 24.1 Å². The summed E-state index contributed by atoms with van der Waals surface area (Å²) < 4.78 is 23.0. The van der Waals surface area contributed by atoms with E-state index in [1.807, 2.05) is 37.2 Å². The summed E-state index contributed by atoms with van der Waals surface area (Å²) in [7, 11) is 7.03. The summed E-state index contributed by atoms with van der Waals surface area (Å²) in [5, 5.41) is 8.76. The summed E-state index contributed by atoms with van der Waals surface area (Å²) in [5.74, 6) is 1.24. The van der Waals surface area contributed by atoms with E-state index in [2.05, 4.69) is 15.9 Å². The second kappa shape index (κ2) is 10.6. The Morgan fingerprint density at radius 2 is 1.72 bits per heavy atom. The van der Waals surface area contributed by atoms with E-state index in [1.54, 1.807) is 19.2 Å². The molecular weight excluding hydrogens is 442 g/mol. The molecule has 0 saturated carbocycles. The Morgan fingerprint density at radius 3 is 2.34 bits per heavy atom. The lowest BCUT2D eigenvalue weighted by molar-refractivity contribution is -0.131. The summed E-state index contributed by atoms with van der Waals surface area (Å²) >= 11 is 3.44. The number of rotatable bonds is 10. The van der Waals surface area contributed by atoms with E-state index in [9.17, 15) is 4.79 Å². The summed E-state index contributed by atoms with van der Waals surface area (Å²) in [4.78, 5) is 12.7. The van der Waals surface area contributed by atoms with Crippen LogP contribution in [0.25, 0.3) is 6.08 Å². The van der Waals surface area contributed by atoms with E-state index < -0.39 is 5.97 Å². The number of ether oxygens (including phenoxy) is 4. The third-order valence-corrected chi connectivity index (χ3v) is 4.51. The molecule has 0 saturated heterocycles. The van der Waals surface area contributed by atoms with Gasteiger partial charge < -0.3 is 29.0 Å². The number of methoxy groups -OCH3 is 2. The van der Waals surface area contributed by atoms with Gasteiger partial charge in [-0.2, -0.15) is 0 Å². The standard InChI is InChI=1S/C21H24BrNO6/c1-23(2)15-6-7-17(18(13-15)26-3)28-9-10-29-21-16(22)11-14(5-8-20(24)25)12-19(21)27-4/h5-8,11-13H,9-10H2,1-4H3,(H,24,25)/b8-5+. The molecule has 29 heavy (non-hydrogen) atoms. The van der Waals surface area contributed by atoms with Gasteiger partial charge in [0.05, 0.1) is 18.7 Å². The molecule has 2 aromatic rings. The van der Waals surface area contributed by atoms with Crippen molar-refractivity contribution in [2.75, 3.05) is 46.4 Å². The van der Waals surface area contributed by atoms with Gasteiger partial charge in [0.2, 0.25) is 0 Å². The first kappa shape index (κ1) is 22.4. The Hall–Kier alpha value is -2.87. The number of carbonyl (C=O) groups is 1. The number of hydrogen-bond acceptors (Lipinski definition) is 6. The van der Waals surface area contributed by atoms with Crippen LogP contribution in [0.2, 0.25) is 0 Å². The van der Waals surface area contributed by atoms with Crippen LogP contribution in [0.4, 0.5) is 5.69 Å². The highest BCUT2D eigenvalue weighted by molar-refractivity contribution is 9.10. The molecule has 2 rings (SSSR count). The van der Waals surface area contributed by atoms with Crippen LogP contribution >= 0.6 is 15.9 Å². The lowest BCUT2D eigenvalue weighted by atomic mass is 10.2. The third-order valence-electron chi connectivity index (χ3n) is 3.92. The van der Waals surface area contributed by atoms with Crippen molar-refractivity contribution in [3.63, 3.8) is 0 Å². The molecule has 0 bridgehead atoms. The number of benzene rings is 2. The lowest BCUT2D eigenvalue weighted by Gasteiger charge is -2.17. The second-order valence-electron chi connectivity index (χ2n) is 6.13. The fourth-order valence-corrected chi connectivity index (χ4v) is 3.07. The van der Waals surface area contributed by atoms with Crippen LogP contribution in [-0.4, -0.2) is 52.6 Å². The van der Waals surface area contributed by atoms with E-state index in [-0.39, 0.29) is 6.61 Å². The molecule has 8 heteroatoms. The molecule has 0 spiro atoms. The highest BCUT2D eigenvalue weighted by Crippen LogP contribution is 2.37. The van der Waals surface area contributed by atoms with Gasteiger partial charge in [0, 0.05) is 31.9 Å².